The Morgan fingerprint density at radius 1 is 1.07 bits per heavy atom. The molecule has 1 fully saturated rings. The zero-order valence-corrected chi connectivity index (χ0v) is 25.3. The summed E-state index contributed by atoms with van der Waals surface area (Å²) < 4.78 is 72.4. The summed E-state index contributed by atoms with van der Waals surface area (Å²) in [5.74, 6) is -2.96. The fraction of sp³-hybridized carbons (Fsp3) is 0.419. The number of aromatic nitrogens is 1. The van der Waals surface area contributed by atoms with Crippen LogP contribution in [0.5, 0.6) is 11.5 Å². The molecule has 1 unspecified atom stereocenters. The number of methoxy groups -OCH3 is 1. The first-order chi connectivity index (χ1) is 21.3. The topological polar surface area (TPSA) is 135 Å². The Bertz CT molecular complexity index is 1550. The van der Waals surface area contributed by atoms with Crippen LogP contribution in [0.2, 0.25) is 0 Å². The average Bonchev–Trinajstić information content (AvgIpc) is 3.70. The number of oxazole rings is 1. The molecule has 1 aliphatic carbocycles. The van der Waals surface area contributed by atoms with Gasteiger partial charge in [-0.3, -0.25) is 0 Å². The molecule has 14 heteroatoms. The average molecular weight is 635 g/mol. The number of rotatable bonds is 12. The molecule has 242 valence electrons. The lowest BCUT2D eigenvalue weighted by Gasteiger charge is -2.21. The van der Waals surface area contributed by atoms with E-state index in [0.717, 1.165) is 32.1 Å². The largest absolute Gasteiger partial charge is 0.489 e. The highest BCUT2D eigenvalue weighted by molar-refractivity contribution is 5.95. The van der Waals surface area contributed by atoms with Gasteiger partial charge in [-0.05, 0) is 76.8 Å². The fourth-order valence-electron chi connectivity index (χ4n) is 4.09. The van der Waals surface area contributed by atoms with E-state index in [1.54, 1.807) is 27.7 Å². The number of benzene rings is 2. The van der Waals surface area contributed by atoms with Crippen LogP contribution >= 0.6 is 0 Å². The molecule has 0 bridgehead atoms. The molecule has 2 aromatic carbocycles. The van der Waals surface area contributed by atoms with Gasteiger partial charge in [0.25, 0.3) is 0 Å². The number of amides is 1. The number of alkyl halides is 2. The molecule has 1 saturated carbocycles. The van der Waals surface area contributed by atoms with Gasteiger partial charge in [-0.15, -0.1) is 0 Å². The predicted molar refractivity (Wildman–Crippen MR) is 151 cm³/mol. The van der Waals surface area contributed by atoms with Gasteiger partial charge in [0, 0.05) is 5.56 Å². The molecule has 1 heterocycles. The van der Waals surface area contributed by atoms with E-state index in [1.165, 1.54) is 24.3 Å². The van der Waals surface area contributed by atoms with Crippen LogP contribution in [0.15, 0.2) is 40.8 Å². The highest BCUT2D eigenvalue weighted by atomic mass is 19.3. The summed E-state index contributed by atoms with van der Waals surface area (Å²) in [7, 11) is 1.07. The molecule has 0 saturated heterocycles. The normalized spacial score (nSPS) is 13.6. The minimum atomic E-state index is -3.08. The van der Waals surface area contributed by atoms with E-state index in [-0.39, 0.29) is 28.8 Å². The summed E-state index contributed by atoms with van der Waals surface area (Å²) in [6.45, 7) is 3.34. The quantitative estimate of drug-likeness (QED) is 0.171. The SMILES string of the molecule is COC(=O)c1cccc(C(=O)OCc2nc(-c3ccc(OC(F)F)c(OCC4CC4)c3)oc2C(C)NC(=O)OC(C)(C)C)c1F. The van der Waals surface area contributed by atoms with Crippen LogP contribution < -0.4 is 14.8 Å². The molecule has 1 aliphatic rings. The van der Waals surface area contributed by atoms with E-state index in [4.69, 9.17) is 18.6 Å². The number of halogens is 3. The van der Waals surface area contributed by atoms with Crippen molar-refractivity contribution in [2.24, 2.45) is 5.92 Å². The van der Waals surface area contributed by atoms with Gasteiger partial charge in [-0.25, -0.2) is 23.8 Å². The van der Waals surface area contributed by atoms with Gasteiger partial charge in [0.05, 0.1) is 30.9 Å². The number of hydrogen-bond donors (Lipinski definition) is 1. The highest BCUT2D eigenvalue weighted by Crippen LogP contribution is 2.37. The first-order valence-corrected chi connectivity index (χ1v) is 14.0. The summed E-state index contributed by atoms with van der Waals surface area (Å²) in [6.07, 6.45) is 1.17. The van der Waals surface area contributed by atoms with Gasteiger partial charge >= 0.3 is 24.6 Å². The number of esters is 2. The van der Waals surface area contributed by atoms with Gasteiger partial charge in [0.2, 0.25) is 5.89 Å². The third-order valence-electron chi connectivity index (χ3n) is 6.40. The van der Waals surface area contributed by atoms with E-state index in [9.17, 15) is 27.6 Å². The van der Waals surface area contributed by atoms with Crippen molar-refractivity contribution in [3.63, 3.8) is 0 Å². The van der Waals surface area contributed by atoms with Crippen molar-refractivity contribution >= 4 is 18.0 Å². The fourth-order valence-corrected chi connectivity index (χ4v) is 4.09. The van der Waals surface area contributed by atoms with E-state index in [2.05, 4.69) is 19.8 Å². The summed E-state index contributed by atoms with van der Waals surface area (Å²) in [5.41, 5.74) is -1.40. The maximum Gasteiger partial charge on any atom is 0.408 e. The Morgan fingerprint density at radius 3 is 2.38 bits per heavy atom. The second kappa shape index (κ2) is 13.9. The minimum absolute atomic E-state index is 0.0207. The summed E-state index contributed by atoms with van der Waals surface area (Å²) in [6, 6.07) is 6.86. The molecule has 11 nitrogen and oxygen atoms in total. The predicted octanol–water partition coefficient (Wildman–Crippen LogP) is 6.60. The van der Waals surface area contributed by atoms with Crippen molar-refractivity contribution in [3.05, 3.63) is 64.8 Å². The van der Waals surface area contributed by atoms with Crippen molar-refractivity contribution in [3.8, 4) is 23.0 Å². The third-order valence-corrected chi connectivity index (χ3v) is 6.40. The molecule has 0 radical (unpaired) electrons. The van der Waals surface area contributed by atoms with Crippen molar-refractivity contribution in [2.45, 2.75) is 65.4 Å². The molecule has 1 N–H and O–H groups in total. The van der Waals surface area contributed by atoms with E-state index >= 15 is 0 Å². The van der Waals surface area contributed by atoms with Crippen molar-refractivity contribution < 1.29 is 55.7 Å². The van der Waals surface area contributed by atoms with Gasteiger partial charge in [0.15, 0.2) is 23.1 Å². The second-order valence-electron chi connectivity index (χ2n) is 11.2. The number of nitrogens with zero attached hydrogens (tertiary/aromatic N) is 1. The monoisotopic (exact) mass is 634 g/mol. The molecular weight excluding hydrogens is 601 g/mol. The van der Waals surface area contributed by atoms with Gasteiger partial charge < -0.3 is 33.4 Å². The van der Waals surface area contributed by atoms with Crippen LogP contribution in [0.1, 0.15) is 78.7 Å². The standard InChI is InChI=1S/C31H33F3N2O9/c1-16(35-30(39)45-31(2,3)4)25-21(15-42-28(38)20-8-6-7-19(24(20)32)27(37)40-5)36-26(44-25)18-11-12-22(43-29(33)34)23(13-18)41-14-17-9-10-17/h6-8,11-13,16-17,29H,9-10,14-15H2,1-5H3,(H,35,39). The van der Waals surface area contributed by atoms with Gasteiger partial charge in [0.1, 0.15) is 17.9 Å². The third kappa shape index (κ3) is 8.89. The number of nitrogens with one attached hydrogen (secondary N) is 1. The van der Waals surface area contributed by atoms with E-state index in [0.29, 0.717) is 18.1 Å². The number of hydrogen-bond acceptors (Lipinski definition) is 10. The highest BCUT2D eigenvalue weighted by Gasteiger charge is 2.28. The first-order valence-electron chi connectivity index (χ1n) is 14.0. The van der Waals surface area contributed by atoms with Crippen molar-refractivity contribution in [1.82, 2.24) is 10.3 Å². The van der Waals surface area contributed by atoms with E-state index in [1.807, 2.05) is 0 Å². The number of alkyl carbamates (subject to hydrolysis) is 1. The first kappa shape index (κ1) is 33.1. The maximum absolute atomic E-state index is 14.9. The Hall–Kier alpha value is -4.75. The van der Waals surface area contributed by atoms with Gasteiger partial charge in [-0.2, -0.15) is 8.78 Å². The molecule has 3 aromatic rings. The Morgan fingerprint density at radius 2 is 1.76 bits per heavy atom. The minimum Gasteiger partial charge on any atom is -0.489 e. The lowest BCUT2D eigenvalue weighted by molar-refractivity contribution is -0.0515. The molecule has 0 spiro atoms. The van der Waals surface area contributed by atoms with Crippen LogP contribution in [-0.2, 0) is 20.8 Å². The van der Waals surface area contributed by atoms with Crippen LogP contribution in [0.4, 0.5) is 18.0 Å². The molecule has 45 heavy (non-hydrogen) atoms. The van der Waals surface area contributed by atoms with Gasteiger partial charge in [-0.1, -0.05) is 6.07 Å². The Kier molecular flexibility index (Phi) is 10.2. The van der Waals surface area contributed by atoms with Crippen LogP contribution in [0.3, 0.4) is 0 Å². The number of ether oxygens (including phenoxy) is 5. The molecule has 4 rings (SSSR count). The smallest absolute Gasteiger partial charge is 0.408 e. The zero-order chi connectivity index (χ0) is 32.9. The summed E-state index contributed by atoms with van der Waals surface area (Å²) in [5, 5.41) is 2.62. The molecule has 0 aliphatic heterocycles. The van der Waals surface area contributed by atoms with Crippen molar-refractivity contribution in [1.29, 1.82) is 0 Å². The maximum atomic E-state index is 14.9. The number of carbonyl (C=O) groups excluding carboxylic acids is 3. The molecular formula is C31H33F3N2O9. The van der Waals surface area contributed by atoms with Crippen LogP contribution in [0, 0.1) is 11.7 Å². The lowest BCUT2D eigenvalue weighted by atomic mass is 10.1. The molecule has 1 amide bonds. The van der Waals surface area contributed by atoms with Crippen LogP contribution in [-0.4, -0.2) is 48.9 Å². The molecule has 1 atom stereocenters. The van der Waals surface area contributed by atoms with E-state index < -0.39 is 59.8 Å². The summed E-state index contributed by atoms with van der Waals surface area (Å²) in [4.78, 5) is 41.6. The summed E-state index contributed by atoms with van der Waals surface area (Å²) >= 11 is 0. The lowest BCUT2D eigenvalue weighted by Crippen LogP contribution is -2.34. The van der Waals surface area contributed by atoms with Crippen molar-refractivity contribution in [2.75, 3.05) is 13.7 Å². The number of carbonyl (C=O) groups is 3. The zero-order valence-electron chi connectivity index (χ0n) is 25.3. The Balaban J connectivity index is 1.64. The second-order valence-corrected chi connectivity index (χ2v) is 11.2. The molecule has 1 aromatic heterocycles. The van der Waals surface area contributed by atoms with Crippen LogP contribution in [0.25, 0.3) is 11.5 Å². The Labute approximate surface area is 256 Å².